The smallest absolute Gasteiger partial charge is 0.279 e. The molecule has 0 saturated heterocycles. The molecule has 6 heteroatoms. The van der Waals surface area contributed by atoms with Gasteiger partial charge in [-0.1, -0.05) is 24.3 Å². The van der Waals surface area contributed by atoms with E-state index in [4.69, 9.17) is 5.11 Å². The Labute approximate surface area is 95.9 Å². The third kappa shape index (κ3) is 3.57. The minimum absolute atomic E-state index is 0.0102. The van der Waals surface area contributed by atoms with Gasteiger partial charge in [0.25, 0.3) is 10.2 Å². The van der Waals surface area contributed by atoms with Crippen LogP contribution in [0.3, 0.4) is 0 Å². The number of hydrogen-bond donors (Lipinski definition) is 2. The van der Waals surface area contributed by atoms with Crippen molar-refractivity contribution in [1.29, 1.82) is 0 Å². The maximum absolute atomic E-state index is 11.4. The molecule has 1 aromatic carbocycles. The lowest BCUT2D eigenvalue weighted by Crippen LogP contribution is -2.35. The van der Waals surface area contributed by atoms with Crippen LogP contribution < -0.4 is 4.72 Å². The van der Waals surface area contributed by atoms with Gasteiger partial charge in [0.2, 0.25) is 0 Å². The number of hydrogen-bond acceptors (Lipinski definition) is 3. The summed E-state index contributed by atoms with van der Waals surface area (Å²) in [6.45, 7) is 0.232. The van der Waals surface area contributed by atoms with E-state index in [9.17, 15) is 8.42 Å². The van der Waals surface area contributed by atoms with Crippen molar-refractivity contribution < 1.29 is 13.5 Å². The summed E-state index contributed by atoms with van der Waals surface area (Å²) in [6, 6.07) is 7.09. The average molecular weight is 244 g/mol. The normalized spacial score (nSPS) is 12.0. The van der Waals surface area contributed by atoms with Gasteiger partial charge in [0, 0.05) is 20.6 Å². The number of aliphatic hydroxyl groups is 1. The van der Waals surface area contributed by atoms with E-state index >= 15 is 0 Å². The largest absolute Gasteiger partial charge is 0.392 e. The van der Waals surface area contributed by atoms with Crippen LogP contribution in [0.1, 0.15) is 11.1 Å². The highest BCUT2D eigenvalue weighted by atomic mass is 32.2. The Morgan fingerprint density at radius 2 is 1.69 bits per heavy atom. The van der Waals surface area contributed by atoms with Gasteiger partial charge in [-0.15, -0.1) is 0 Å². The minimum atomic E-state index is -3.38. The van der Waals surface area contributed by atoms with E-state index in [2.05, 4.69) is 4.72 Å². The quantitative estimate of drug-likeness (QED) is 0.770. The maximum Gasteiger partial charge on any atom is 0.279 e. The van der Waals surface area contributed by atoms with Crippen molar-refractivity contribution in [1.82, 2.24) is 9.03 Å². The fraction of sp³-hybridized carbons (Fsp3) is 0.400. The van der Waals surface area contributed by atoms with E-state index in [-0.39, 0.29) is 13.2 Å². The van der Waals surface area contributed by atoms with Gasteiger partial charge in [-0.25, -0.2) is 0 Å². The summed E-state index contributed by atoms with van der Waals surface area (Å²) >= 11 is 0. The summed E-state index contributed by atoms with van der Waals surface area (Å²) in [5.74, 6) is 0. The average Bonchev–Trinajstić information content (AvgIpc) is 2.27. The van der Waals surface area contributed by atoms with Crippen LogP contribution in [-0.2, 0) is 23.4 Å². The van der Waals surface area contributed by atoms with Crippen molar-refractivity contribution in [3.8, 4) is 0 Å². The number of benzene rings is 1. The first-order valence-corrected chi connectivity index (χ1v) is 6.25. The van der Waals surface area contributed by atoms with Crippen molar-refractivity contribution >= 4 is 10.2 Å². The molecule has 16 heavy (non-hydrogen) atoms. The zero-order valence-corrected chi connectivity index (χ0v) is 10.2. The topological polar surface area (TPSA) is 69.6 Å². The van der Waals surface area contributed by atoms with Gasteiger partial charge in [-0.2, -0.15) is 17.4 Å². The molecule has 0 bridgehead atoms. The molecule has 0 aliphatic heterocycles. The third-order valence-electron chi connectivity index (χ3n) is 2.14. The molecule has 0 radical (unpaired) electrons. The SMILES string of the molecule is CN(C)S(=O)(=O)NCc1ccc(CO)cc1. The van der Waals surface area contributed by atoms with Crippen LogP contribution in [0, 0.1) is 0 Å². The number of nitrogens with one attached hydrogen (secondary N) is 1. The minimum Gasteiger partial charge on any atom is -0.392 e. The molecule has 0 heterocycles. The van der Waals surface area contributed by atoms with Gasteiger partial charge in [0.1, 0.15) is 0 Å². The van der Waals surface area contributed by atoms with Crippen LogP contribution in [0.25, 0.3) is 0 Å². The van der Waals surface area contributed by atoms with E-state index in [1.165, 1.54) is 14.1 Å². The zero-order valence-electron chi connectivity index (χ0n) is 9.34. The molecule has 2 N–H and O–H groups in total. The highest BCUT2D eigenvalue weighted by Crippen LogP contribution is 2.04. The van der Waals surface area contributed by atoms with Gasteiger partial charge < -0.3 is 5.11 Å². The first kappa shape index (κ1) is 13.1. The van der Waals surface area contributed by atoms with E-state index in [0.717, 1.165) is 15.4 Å². The molecule has 0 amide bonds. The van der Waals surface area contributed by atoms with Gasteiger partial charge in [-0.3, -0.25) is 0 Å². The molecule has 0 aromatic heterocycles. The van der Waals surface area contributed by atoms with Crippen molar-refractivity contribution in [2.45, 2.75) is 13.2 Å². The first-order chi connectivity index (χ1) is 7.45. The van der Waals surface area contributed by atoms with Crippen molar-refractivity contribution in [2.75, 3.05) is 14.1 Å². The van der Waals surface area contributed by atoms with Crippen molar-refractivity contribution in [3.05, 3.63) is 35.4 Å². The molecule has 90 valence electrons. The monoisotopic (exact) mass is 244 g/mol. The Morgan fingerprint density at radius 3 is 2.12 bits per heavy atom. The lowest BCUT2D eigenvalue weighted by molar-refractivity contribution is 0.282. The summed E-state index contributed by atoms with van der Waals surface area (Å²) in [4.78, 5) is 0. The summed E-state index contributed by atoms with van der Waals surface area (Å²) in [7, 11) is -0.439. The van der Waals surface area contributed by atoms with Gasteiger partial charge in [-0.05, 0) is 11.1 Å². The lowest BCUT2D eigenvalue weighted by Gasteiger charge is -2.12. The van der Waals surface area contributed by atoms with Crippen LogP contribution >= 0.6 is 0 Å². The second-order valence-electron chi connectivity index (χ2n) is 3.58. The Hall–Kier alpha value is -0.950. The van der Waals surface area contributed by atoms with E-state index < -0.39 is 10.2 Å². The van der Waals surface area contributed by atoms with Gasteiger partial charge in [0.05, 0.1) is 6.61 Å². The third-order valence-corrected chi connectivity index (χ3v) is 3.62. The fourth-order valence-electron chi connectivity index (χ4n) is 1.07. The molecule has 0 aliphatic rings. The summed E-state index contributed by atoms with van der Waals surface area (Å²) < 4.78 is 26.4. The van der Waals surface area contributed by atoms with Crippen LogP contribution in [0.5, 0.6) is 0 Å². The highest BCUT2D eigenvalue weighted by molar-refractivity contribution is 7.87. The van der Waals surface area contributed by atoms with Crippen molar-refractivity contribution in [3.63, 3.8) is 0 Å². The second-order valence-corrected chi connectivity index (χ2v) is 5.55. The van der Waals surface area contributed by atoms with Gasteiger partial charge >= 0.3 is 0 Å². The van der Waals surface area contributed by atoms with Crippen LogP contribution in [0.2, 0.25) is 0 Å². The van der Waals surface area contributed by atoms with Crippen LogP contribution in [-0.4, -0.2) is 31.9 Å². The Morgan fingerprint density at radius 1 is 1.19 bits per heavy atom. The lowest BCUT2D eigenvalue weighted by atomic mass is 10.1. The molecule has 0 aliphatic carbocycles. The van der Waals surface area contributed by atoms with E-state index in [1.54, 1.807) is 24.3 Å². The molecule has 0 unspecified atom stereocenters. The maximum atomic E-state index is 11.4. The molecule has 1 rings (SSSR count). The summed E-state index contributed by atoms with van der Waals surface area (Å²) in [5, 5.41) is 8.84. The van der Waals surface area contributed by atoms with Crippen LogP contribution in [0.15, 0.2) is 24.3 Å². The molecule has 0 fully saturated rings. The first-order valence-electron chi connectivity index (χ1n) is 4.81. The second kappa shape index (κ2) is 5.40. The summed E-state index contributed by atoms with van der Waals surface area (Å²) in [6.07, 6.45) is 0. The number of aliphatic hydroxyl groups excluding tert-OH is 1. The van der Waals surface area contributed by atoms with Crippen molar-refractivity contribution in [2.24, 2.45) is 0 Å². The molecule has 5 nitrogen and oxygen atoms in total. The van der Waals surface area contributed by atoms with Crippen LogP contribution in [0.4, 0.5) is 0 Å². The Kier molecular flexibility index (Phi) is 4.43. The molecule has 0 spiro atoms. The predicted molar refractivity (Wildman–Crippen MR) is 61.8 cm³/mol. The van der Waals surface area contributed by atoms with E-state index in [1.807, 2.05) is 0 Å². The van der Waals surface area contributed by atoms with Gasteiger partial charge in [0.15, 0.2) is 0 Å². The fourth-order valence-corrected chi connectivity index (χ4v) is 1.67. The Bertz CT molecular complexity index is 426. The van der Waals surface area contributed by atoms with E-state index in [0.29, 0.717) is 0 Å². The standard InChI is InChI=1S/C10H16N2O3S/c1-12(2)16(14,15)11-7-9-3-5-10(8-13)6-4-9/h3-6,11,13H,7-8H2,1-2H3. The Balaban J connectivity index is 2.62. The highest BCUT2D eigenvalue weighted by Gasteiger charge is 2.11. The molecular weight excluding hydrogens is 228 g/mol. The number of nitrogens with zero attached hydrogens (tertiary/aromatic N) is 1. The summed E-state index contributed by atoms with van der Waals surface area (Å²) in [5.41, 5.74) is 1.65. The predicted octanol–water partition coefficient (Wildman–Crippen LogP) is 0.0749. The molecular formula is C10H16N2O3S. The molecule has 1 aromatic rings. The zero-order chi connectivity index (χ0) is 12.2. The molecule has 0 saturated carbocycles. The molecule has 0 atom stereocenters. The number of rotatable bonds is 5.